The molecule has 2 aromatic carbocycles. The Kier molecular flexibility index (Phi) is 7.85. The van der Waals surface area contributed by atoms with Crippen LogP contribution in [0.5, 0.6) is 5.75 Å². The van der Waals surface area contributed by atoms with Crippen LogP contribution in [0.1, 0.15) is 36.5 Å². The maximum atomic E-state index is 12.9. The van der Waals surface area contributed by atoms with Crippen LogP contribution in [0.25, 0.3) is 10.9 Å². The van der Waals surface area contributed by atoms with Crippen molar-refractivity contribution in [2.24, 2.45) is 0 Å². The second-order valence-corrected chi connectivity index (χ2v) is 9.34. The standard InChI is InChI=1S/C27H34N4O2S/c1-4-33-23-10-11-25-21(17-23)16-22(26(32)28-25)18-31(15-14-30-12-5-6-13-30)27(34)29-24-9-7-8-19(2)20(24)3/h7-11,16-17H,4-6,12-15,18H2,1-3H3,(H,28,32)(H,29,34). The van der Waals surface area contributed by atoms with Gasteiger partial charge in [-0.25, -0.2) is 0 Å². The molecule has 7 heteroatoms. The molecule has 2 N–H and O–H groups in total. The van der Waals surface area contributed by atoms with E-state index < -0.39 is 0 Å². The fourth-order valence-electron chi connectivity index (χ4n) is 4.41. The maximum Gasteiger partial charge on any atom is 0.253 e. The molecule has 1 aliphatic rings. The third-order valence-electron chi connectivity index (χ3n) is 6.58. The number of anilines is 1. The van der Waals surface area contributed by atoms with E-state index >= 15 is 0 Å². The lowest BCUT2D eigenvalue weighted by Crippen LogP contribution is -2.41. The highest BCUT2D eigenvalue weighted by Gasteiger charge is 2.18. The van der Waals surface area contributed by atoms with Crippen LogP contribution in [0, 0.1) is 13.8 Å². The first-order chi connectivity index (χ1) is 16.4. The minimum atomic E-state index is -0.0858. The van der Waals surface area contributed by atoms with Gasteiger partial charge in [-0.1, -0.05) is 12.1 Å². The maximum absolute atomic E-state index is 12.9. The Balaban J connectivity index is 1.59. The minimum Gasteiger partial charge on any atom is -0.494 e. The van der Waals surface area contributed by atoms with Crippen LogP contribution in [0.4, 0.5) is 5.69 Å². The Morgan fingerprint density at radius 3 is 2.74 bits per heavy atom. The van der Waals surface area contributed by atoms with Gasteiger partial charge in [-0.15, -0.1) is 0 Å². The molecule has 1 saturated heterocycles. The van der Waals surface area contributed by atoms with Gasteiger partial charge in [0.05, 0.1) is 13.2 Å². The average molecular weight is 479 g/mol. The molecule has 6 nitrogen and oxygen atoms in total. The van der Waals surface area contributed by atoms with Crippen molar-refractivity contribution >= 4 is 33.9 Å². The van der Waals surface area contributed by atoms with Gasteiger partial charge in [-0.2, -0.15) is 0 Å². The predicted molar refractivity (Wildman–Crippen MR) is 144 cm³/mol. The zero-order chi connectivity index (χ0) is 24.1. The summed E-state index contributed by atoms with van der Waals surface area (Å²) in [7, 11) is 0. The number of hydrogen-bond donors (Lipinski definition) is 2. The normalized spacial score (nSPS) is 13.9. The van der Waals surface area contributed by atoms with Gasteiger partial charge in [0.25, 0.3) is 5.56 Å². The number of H-pyrrole nitrogens is 1. The number of aromatic nitrogens is 1. The molecule has 1 aromatic heterocycles. The second kappa shape index (κ2) is 11.0. The molecule has 1 aliphatic heterocycles. The van der Waals surface area contributed by atoms with Crippen molar-refractivity contribution in [1.82, 2.24) is 14.8 Å². The van der Waals surface area contributed by atoms with Crippen molar-refractivity contribution in [3.63, 3.8) is 0 Å². The van der Waals surface area contributed by atoms with Crippen molar-refractivity contribution < 1.29 is 4.74 Å². The summed E-state index contributed by atoms with van der Waals surface area (Å²) in [5, 5.41) is 5.02. The number of benzene rings is 2. The Morgan fingerprint density at radius 1 is 1.18 bits per heavy atom. The second-order valence-electron chi connectivity index (χ2n) is 8.95. The van der Waals surface area contributed by atoms with Crippen LogP contribution >= 0.6 is 12.2 Å². The number of ether oxygens (including phenoxy) is 1. The molecule has 0 saturated carbocycles. The quantitative estimate of drug-likeness (QED) is 0.452. The van der Waals surface area contributed by atoms with Gasteiger partial charge >= 0.3 is 0 Å². The number of aryl methyl sites for hydroxylation is 1. The van der Waals surface area contributed by atoms with E-state index in [1.807, 2.05) is 43.3 Å². The van der Waals surface area contributed by atoms with Crippen molar-refractivity contribution in [3.05, 3.63) is 69.5 Å². The highest BCUT2D eigenvalue weighted by Crippen LogP contribution is 2.21. The van der Waals surface area contributed by atoms with Crippen molar-refractivity contribution in [2.45, 2.75) is 40.2 Å². The summed E-state index contributed by atoms with van der Waals surface area (Å²) in [6, 6.07) is 13.9. The zero-order valence-corrected chi connectivity index (χ0v) is 21.1. The predicted octanol–water partition coefficient (Wildman–Crippen LogP) is 4.84. The van der Waals surface area contributed by atoms with E-state index in [1.165, 1.54) is 24.0 Å². The lowest BCUT2D eigenvalue weighted by molar-refractivity contribution is 0.289. The molecule has 2 heterocycles. The number of nitrogens with zero attached hydrogens (tertiary/aromatic N) is 2. The van der Waals surface area contributed by atoms with Gasteiger partial charge in [-0.05, 0) is 100 Å². The summed E-state index contributed by atoms with van der Waals surface area (Å²) in [5.74, 6) is 0.797. The SMILES string of the molecule is CCOc1ccc2[nH]c(=O)c(CN(CCN3CCCC3)C(=S)Nc3cccc(C)c3C)cc2c1. The van der Waals surface area contributed by atoms with Crippen LogP contribution < -0.4 is 15.6 Å². The number of fused-ring (bicyclic) bond motifs is 1. The molecule has 0 bridgehead atoms. The summed E-state index contributed by atoms with van der Waals surface area (Å²) < 4.78 is 5.65. The van der Waals surface area contributed by atoms with E-state index in [4.69, 9.17) is 17.0 Å². The fraction of sp³-hybridized carbons (Fsp3) is 0.407. The molecule has 3 aromatic rings. The van der Waals surface area contributed by atoms with E-state index in [2.05, 4.69) is 40.0 Å². The average Bonchev–Trinajstić information content (AvgIpc) is 3.34. The van der Waals surface area contributed by atoms with Gasteiger partial charge < -0.3 is 24.8 Å². The molecule has 1 fully saturated rings. The molecule has 34 heavy (non-hydrogen) atoms. The summed E-state index contributed by atoms with van der Waals surface area (Å²) in [4.78, 5) is 20.5. The third kappa shape index (κ3) is 5.77. The lowest BCUT2D eigenvalue weighted by Gasteiger charge is -2.28. The van der Waals surface area contributed by atoms with Crippen molar-refractivity contribution in [2.75, 3.05) is 38.1 Å². The summed E-state index contributed by atoms with van der Waals surface area (Å²) in [6.45, 7) is 11.1. The topological polar surface area (TPSA) is 60.6 Å². The zero-order valence-electron chi connectivity index (χ0n) is 20.3. The molecule has 0 unspecified atom stereocenters. The van der Waals surface area contributed by atoms with Crippen LogP contribution in [-0.4, -0.2) is 52.7 Å². The van der Waals surface area contributed by atoms with Gasteiger partial charge in [-0.3, -0.25) is 4.79 Å². The summed E-state index contributed by atoms with van der Waals surface area (Å²) in [6.07, 6.45) is 2.50. The molecule has 0 aliphatic carbocycles. The Morgan fingerprint density at radius 2 is 1.97 bits per heavy atom. The van der Waals surface area contributed by atoms with E-state index in [0.717, 1.165) is 48.5 Å². The molecule has 180 valence electrons. The third-order valence-corrected chi connectivity index (χ3v) is 6.94. The van der Waals surface area contributed by atoms with Crippen molar-refractivity contribution in [3.8, 4) is 5.75 Å². The molecule has 0 atom stereocenters. The summed E-state index contributed by atoms with van der Waals surface area (Å²) >= 11 is 5.86. The van der Waals surface area contributed by atoms with Gasteiger partial charge in [0.1, 0.15) is 5.75 Å². The first kappa shape index (κ1) is 24.2. The Bertz CT molecular complexity index is 1220. The van der Waals surface area contributed by atoms with E-state index in [0.29, 0.717) is 23.8 Å². The van der Waals surface area contributed by atoms with Crippen LogP contribution in [0.15, 0.2) is 47.3 Å². The molecular formula is C27H34N4O2S. The van der Waals surface area contributed by atoms with Crippen LogP contribution in [-0.2, 0) is 6.54 Å². The van der Waals surface area contributed by atoms with E-state index in [9.17, 15) is 4.79 Å². The molecule has 0 radical (unpaired) electrons. The monoisotopic (exact) mass is 478 g/mol. The van der Waals surface area contributed by atoms with E-state index in [1.54, 1.807) is 0 Å². The fourth-order valence-corrected chi connectivity index (χ4v) is 4.68. The molecular weight excluding hydrogens is 444 g/mol. The Labute approximate surface area is 206 Å². The highest BCUT2D eigenvalue weighted by molar-refractivity contribution is 7.80. The molecule has 0 spiro atoms. The van der Waals surface area contributed by atoms with Crippen molar-refractivity contribution in [1.29, 1.82) is 0 Å². The van der Waals surface area contributed by atoms with Gasteiger partial charge in [0.2, 0.25) is 0 Å². The molecule has 4 rings (SSSR count). The lowest BCUT2D eigenvalue weighted by atomic mass is 10.1. The number of likely N-dealkylation sites (tertiary alicyclic amines) is 1. The number of rotatable bonds is 8. The first-order valence-corrected chi connectivity index (χ1v) is 12.5. The first-order valence-electron chi connectivity index (χ1n) is 12.1. The van der Waals surface area contributed by atoms with E-state index in [-0.39, 0.29) is 5.56 Å². The number of aromatic amines is 1. The van der Waals surface area contributed by atoms with Gasteiger partial charge in [0.15, 0.2) is 5.11 Å². The van der Waals surface area contributed by atoms with Gasteiger partial charge in [0, 0.05) is 35.2 Å². The summed E-state index contributed by atoms with van der Waals surface area (Å²) in [5.41, 5.74) is 4.80. The smallest absolute Gasteiger partial charge is 0.253 e. The highest BCUT2D eigenvalue weighted by atomic mass is 32.1. The molecule has 0 amide bonds. The van der Waals surface area contributed by atoms with Crippen LogP contribution in [0.3, 0.4) is 0 Å². The Hall–Kier alpha value is -2.90. The number of thiocarbonyl (C=S) groups is 1. The number of nitrogens with one attached hydrogen (secondary N) is 2. The largest absolute Gasteiger partial charge is 0.494 e. The number of pyridine rings is 1. The van der Waals surface area contributed by atoms with Crippen LogP contribution in [0.2, 0.25) is 0 Å². The minimum absolute atomic E-state index is 0.0858. The number of hydrogen-bond acceptors (Lipinski definition) is 4.